The number of carbonyl (C=O) groups excluding carboxylic acids is 1. The number of nitrogens with zero attached hydrogens (tertiary/aromatic N) is 4. The van der Waals surface area contributed by atoms with E-state index in [0.29, 0.717) is 11.3 Å². The smallest absolute Gasteiger partial charge is 0.410 e. The molecule has 8 heteroatoms. The Morgan fingerprint density at radius 1 is 1.11 bits per heavy atom. The van der Waals surface area contributed by atoms with Crippen molar-refractivity contribution in [1.82, 2.24) is 4.90 Å². The van der Waals surface area contributed by atoms with E-state index in [1.165, 1.54) is 4.90 Å². The number of hydrogen-bond acceptors (Lipinski definition) is 7. The van der Waals surface area contributed by atoms with E-state index < -0.39 is 28.9 Å². The van der Waals surface area contributed by atoms with Gasteiger partial charge in [-0.25, -0.2) is 4.79 Å². The zero-order valence-corrected chi connectivity index (χ0v) is 20.7. The summed E-state index contributed by atoms with van der Waals surface area (Å²) in [5, 5.41) is 32.4. The highest BCUT2D eigenvalue weighted by molar-refractivity contribution is 5.92. The molecule has 2 aromatic carbocycles. The highest BCUT2D eigenvalue weighted by Gasteiger charge is 2.55. The molecule has 1 aliphatic heterocycles. The molecule has 1 aliphatic carbocycles. The van der Waals surface area contributed by atoms with Crippen molar-refractivity contribution in [3.63, 3.8) is 0 Å². The van der Waals surface area contributed by atoms with Gasteiger partial charge in [-0.2, -0.15) is 15.8 Å². The third-order valence-electron chi connectivity index (χ3n) is 6.79. The molecule has 0 aromatic heterocycles. The average Bonchev–Trinajstić information content (AvgIpc) is 2.86. The fourth-order valence-electron chi connectivity index (χ4n) is 5.24. The van der Waals surface area contributed by atoms with Crippen LogP contribution in [0.15, 0.2) is 59.3 Å². The molecule has 0 saturated carbocycles. The van der Waals surface area contributed by atoms with Crippen molar-refractivity contribution in [2.45, 2.75) is 32.3 Å². The first-order valence-corrected chi connectivity index (χ1v) is 11.6. The summed E-state index contributed by atoms with van der Waals surface area (Å²) in [7, 11) is 1.58. The van der Waals surface area contributed by atoms with Crippen LogP contribution in [0.25, 0.3) is 10.8 Å². The van der Waals surface area contributed by atoms with Gasteiger partial charge in [0.05, 0.1) is 30.5 Å². The Morgan fingerprint density at radius 3 is 2.36 bits per heavy atom. The molecule has 36 heavy (non-hydrogen) atoms. The van der Waals surface area contributed by atoms with Crippen LogP contribution in [0.4, 0.5) is 4.79 Å². The first kappa shape index (κ1) is 24.6. The Morgan fingerprint density at radius 2 is 1.78 bits per heavy atom. The molecule has 0 radical (unpaired) electrons. The highest BCUT2D eigenvalue weighted by Crippen LogP contribution is 2.55. The zero-order chi connectivity index (χ0) is 26.3. The maximum Gasteiger partial charge on any atom is 0.410 e. The maximum atomic E-state index is 13.0. The fourth-order valence-corrected chi connectivity index (χ4v) is 5.24. The zero-order valence-electron chi connectivity index (χ0n) is 20.7. The molecule has 1 amide bonds. The molecule has 2 atom stereocenters. The molecule has 0 unspecified atom stereocenters. The molecule has 4 rings (SSSR count). The summed E-state index contributed by atoms with van der Waals surface area (Å²) < 4.78 is 11.1. The molecule has 0 spiro atoms. The van der Waals surface area contributed by atoms with E-state index in [4.69, 9.17) is 15.2 Å². The second-order valence-corrected chi connectivity index (χ2v) is 9.96. The molecule has 0 saturated heterocycles. The van der Waals surface area contributed by atoms with Crippen LogP contribution in [0, 0.1) is 45.3 Å². The molecular weight excluding hydrogens is 454 g/mol. The van der Waals surface area contributed by atoms with Crippen LogP contribution < -0.4 is 10.5 Å². The molecular formula is C28H27N5O3. The highest BCUT2D eigenvalue weighted by atomic mass is 16.6. The molecule has 2 N–H and O–H groups in total. The summed E-state index contributed by atoms with van der Waals surface area (Å²) in [5.41, 5.74) is 5.36. The first-order chi connectivity index (χ1) is 17.1. The topological polar surface area (TPSA) is 136 Å². The van der Waals surface area contributed by atoms with Crippen molar-refractivity contribution >= 4 is 16.9 Å². The van der Waals surface area contributed by atoms with Crippen molar-refractivity contribution in [2.24, 2.45) is 17.1 Å². The standard InChI is InChI=1S/C28H27N5O3/c1-27(2,3)36-26(34)33-12-11-18-21(13-29)25(32)28(15-30,16-31)24(22(18)14-33)20-9-10-23(35-4)19-8-6-5-7-17(19)20/h5-11,22,24H,12,14,32H2,1-4H3/t22-,24-/m0/s1. The average molecular weight is 482 g/mol. The molecule has 8 nitrogen and oxygen atoms in total. The van der Waals surface area contributed by atoms with Gasteiger partial charge in [-0.1, -0.05) is 36.4 Å². The lowest BCUT2D eigenvalue weighted by Gasteiger charge is -2.45. The summed E-state index contributed by atoms with van der Waals surface area (Å²) in [6, 6.07) is 17.6. The normalized spacial score (nSPS) is 20.9. The van der Waals surface area contributed by atoms with E-state index in [0.717, 1.165) is 16.3 Å². The lowest BCUT2D eigenvalue weighted by molar-refractivity contribution is 0.0225. The van der Waals surface area contributed by atoms with Crippen molar-refractivity contribution in [3.05, 3.63) is 64.9 Å². The van der Waals surface area contributed by atoms with E-state index in [9.17, 15) is 20.6 Å². The van der Waals surface area contributed by atoms with Crippen LogP contribution >= 0.6 is 0 Å². The lowest BCUT2D eigenvalue weighted by atomic mass is 9.57. The van der Waals surface area contributed by atoms with E-state index in [1.54, 1.807) is 40.0 Å². The van der Waals surface area contributed by atoms with Crippen LogP contribution in [-0.2, 0) is 4.74 Å². The van der Waals surface area contributed by atoms with Gasteiger partial charge in [-0.05, 0) is 43.4 Å². The van der Waals surface area contributed by atoms with Crippen LogP contribution in [-0.4, -0.2) is 36.8 Å². The van der Waals surface area contributed by atoms with Gasteiger partial charge in [-0.3, -0.25) is 0 Å². The number of amides is 1. The number of fused-ring (bicyclic) bond motifs is 2. The van der Waals surface area contributed by atoms with Gasteiger partial charge in [0.25, 0.3) is 0 Å². The van der Waals surface area contributed by atoms with Crippen molar-refractivity contribution in [3.8, 4) is 24.0 Å². The number of rotatable bonds is 2. The van der Waals surface area contributed by atoms with Gasteiger partial charge in [0.15, 0.2) is 5.41 Å². The van der Waals surface area contributed by atoms with Crippen LogP contribution in [0.2, 0.25) is 0 Å². The van der Waals surface area contributed by atoms with Gasteiger partial charge >= 0.3 is 6.09 Å². The van der Waals surface area contributed by atoms with Gasteiger partial charge in [0.1, 0.15) is 17.4 Å². The predicted molar refractivity (Wildman–Crippen MR) is 133 cm³/mol. The summed E-state index contributed by atoms with van der Waals surface area (Å²) in [5.74, 6) is -0.637. The third kappa shape index (κ3) is 3.80. The molecule has 0 fully saturated rings. The van der Waals surface area contributed by atoms with Crippen molar-refractivity contribution in [2.75, 3.05) is 20.2 Å². The number of hydrogen-bond donors (Lipinski definition) is 1. The van der Waals surface area contributed by atoms with E-state index in [-0.39, 0.29) is 24.4 Å². The number of nitrogens with two attached hydrogens (primary N) is 1. The maximum absolute atomic E-state index is 13.0. The fraction of sp³-hybridized carbons (Fsp3) is 0.357. The lowest BCUT2D eigenvalue weighted by Crippen LogP contribution is -2.50. The minimum absolute atomic E-state index is 0.0619. The Balaban J connectivity index is 1.98. The molecule has 2 aliphatic rings. The van der Waals surface area contributed by atoms with Crippen molar-refractivity contribution in [1.29, 1.82) is 15.8 Å². The monoisotopic (exact) mass is 481 g/mol. The van der Waals surface area contributed by atoms with Crippen LogP contribution in [0.1, 0.15) is 32.3 Å². The number of allylic oxidation sites excluding steroid dienone is 2. The van der Waals surface area contributed by atoms with Crippen LogP contribution in [0.3, 0.4) is 0 Å². The van der Waals surface area contributed by atoms with E-state index in [1.807, 2.05) is 30.3 Å². The number of methoxy groups -OCH3 is 1. The third-order valence-corrected chi connectivity index (χ3v) is 6.79. The second kappa shape index (κ2) is 8.95. The quantitative estimate of drug-likeness (QED) is 0.666. The van der Waals surface area contributed by atoms with Gasteiger partial charge in [0.2, 0.25) is 0 Å². The van der Waals surface area contributed by atoms with Gasteiger partial charge in [0, 0.05) is 30.3 Å². The van der Waals surface area contributed by atoms with Crippen LogP contribution in [0.5, 0.6) is 5.75 Å². The molecule has 1 heterocycles. The Hall–Kier alpha value is -4.48. The summed E-state index contributed by atoms with van der Waals surface area (Å²) in [4.78, 5) is 14.5. The Labute approximate surface area is 210 Å². The van der Waals surface area contributed by atoms with Crippen molar-refractivity contribution < 1.29 is 14.3 Å². The largest absolute Gasteiger partial charge is 0.496 e. The molecule has 0 bridgehead atoms. The number of ether oxygens (including phenoxy) is 2. The summed E-state index contributed by atoms with van der Waals surface area (Å²) in [6.45, 7) is 5.75. The minimum atomic E-state index is -1.82. The Kier molecular flexibility index (Phi) is 6.12. The summed E-state index contributed by atoms with van der Waals surface area (Å²) >= 11 is 0. The number of carbonyl (C=O) groups is 1. The molecule has 2 aromatic rings. The first-order valence-electron chi connectivity index (χ1n) is 11.6. The van der Waals surface area contributed by atoms with E-state index in [2.05, 4.69) is 18.2 Å². The van der Waals surface area contributed by atoms with E-state index >= 15 is 0 Å². The Bertz CT molecular complexity index is 1410. The minimum Gasteiger partial charge on any atom is -0.496 e. The summed E-state index contributed by atoms with van der Waals surface area (Å²) in [6.07, 6.45) is 1.28. The number of benzene rings is 2. The van der Waals surface area contributed by atoms with Gasteiger partial charge in [-0.15, -0.1) is 0 Å². The number of nitriles is 3. The second-order valence-electron chi connectivity index (χ2n) is 9.96. The predicted octanol–water partition coefficient (Wildman–Crippen LogP) is 4.51. The SMILES string of the molecule is COc1ccc([C@H]2[C@H]3CN(C(=O)OC(C)(C)C)CC=C3C(C#N)=C(N)C2(C#N)C#N)c2ccccc12. The molecule has 182 valence electrons. The van der Waals surface area contributed by atoms with Gasteiger partial charge < -0.3 is 20.1 Å².